The number of aryl methyl sites for hydroxylation is 1. The predicted octanol–water partition coefficient (Wildman–Crippen LogP) is 2.60. The molecule has 2 unspecified atom stereocenters. The van der Waals surface area contributed by atoms with E-state index in [0.717, 1.165) is 32.1 Å². The van der Waals surface area contributed by atoms with Gasteiger partial charge < -0.3 is 5.32 Å². The molecule has 4 fully saturated rings. The second-order valence-corrected chi connectivity index (χ2v) is 8.59. The second kappa shape index (κ2) is 5.06. The molecule has 2 aromatic heterocycles. The van der Waals surface area contributed by atoms with Gasteiger partial charge in [-0.2, -0.15) is 5.10 Å². The van der Waals surface area contributed by atoms with E-state index in [1.807, 2.05) is 24.0 Å². The Bertz CT molecular complexity index is 828. The summed E-state index contributed by atoms with van der Waals surface area (Å²) in [4.78, 5) is 17.3. The first-order valence-electron chi connectivity index (χ1n) is 8.85. The highest BCUT2D eigenvalue weighted by Gasteiger charge is 2.61. The van der Waals surface area contributed by atoms with E-state index in [9.17, 15) is 4.79 Å². The van der Waals surface area contributed by atoms with Gasteiger partial charge in [0.05, 0.1) is 11.0 Å². The van der Waals surface area contributed by atoms with Crippen LogP contribution in [0.25, 0.3) is 0 Å². The number of hydrogen-bond donors (Lipinski definition) is 1. The van der Waals surface area contributed by atoms with Crippen LogP contribution in [-0.4, -0.2) is 30.5 Å². The third-order valence-electron chi connectivity index (χ3n) is 6.42. The molecule has 6 rings (SSSR count). The lowest BCUT2D eigenvalue weighted by atomic mass is 9.46. The van der Waals surface area contributed by atoms with Crippen LogP contribution < -0.4 is 5.32 Å². The van der Waals surface area contributed by atoms with Crippen molar-refractivity contribution in [2.24, 2.45) is 24.3 Å². The Labute approximate surface area is 150 Å². The van der Waals surface area contributed by atoms with Crippen molar-refractivity contribution in [3.8, 4) is 0 Å². The third kappa shape index (κ3) is 2.32. The molecule has 4 aliphatic carbocycles. The average Bonchev–Trinajstić information content (AvgIpc) is 3.15. The Morgan fingerprint density at radius 2 is 2.04 bits per heavy atom. The van der Waals surface area contributed by atoms with E-state index >= 15 is 0 Å². The highest BCUT2D eigenvalue weighted by Crippen LogP contribution is 2.64. The summed E-state index contributed by atoms with van der Waals surface area (Å²) < 4.78 is 3.64. The van der Waals surface area contributed by atoms with Crippen molar-refractivity contribution >= 4 is 23.3 Å². The van der Waals surface area contributed by atoms with Crippen LogP contribution in [0.5, 0.6) is 0 Å². The lowest BCUT2D eigenvalue weighted by molar-refractivity contribution is -0.150. The molecule has 4 saturated carbocycles. The van der Waals surface area contributed by atoms with Crippen LogP contribution in [-0.2, 0) is 17.4 Å². The molecule has 0 aromatic carbocycles. The second-order valence-electron chi connectivity index (χ2n) is 8.25. The van der Waals surface area contributed by atoms with Crippen LogP contribution in [0.1, 0.15) is 38.5 Å². The normalized spacial score (nSPS) is 35.9. The molecule has 2 heterocycles. The number of anilines is 1. The maximum Gasteiger partial charge on any atom is 0.242 e. The van der Waals surface area contributed by atoms with Gasteiger partial charge in [0, 0.05) is 19.3 Å². The van der Waals surface area contributed by atoms with E-state index in [1.54, 1.807) is 11.0 Å². The van der Waals surface area contributed by atoms with Crippen LogP contribution >= 0.6 is 11.6 Å². The van der Waals surface area contributed by atoms with E-state index in [1.165, 1.54) is 6.42 Å². The Morgan fingerprint density at radius 3 is 2.64 bits per heavy atom. The minimum absolute atomic E-state index is 0.107. The lowest BCUT2D eigenvalue weighted by Gasteiger charge is -2.60. The zero-order valence-corrected chi connectivity index (χ0v) is 14.9. The van der Waals surface area contributed by atoms with Crippen LogP contribution in [0, 0.1) is 17.3 Å². The van der Waals surface area contributed by atoms with Gasteiger partial charge in [0.2, 0.25) is 11.2 Å². The first kappa shape index (κ1) is 15.4. The maximum absolute atomic E-state index is 13.2. The quantitative estimate of drug-likeness (QED) is 0.912. The van der Waals surface area contributed by atoms with Gasteiger partial charge in [-0.1, -0.05) is 0 Å². The highest BCUT2D eigenvalue weighted by molar-refractivity contribution is 6.28. The summed E-state index contributed by atoms with van der Waals surface area (Å²) in [5.41, 5.74) is -0.453. The summed E-state index contributed by atoms with van der Waals surface area (Å²) in [6.07, 6.45) is 9.69. The fraction of sp³-hybridized carbons (Fsp3) is 0.647. The molecule has 0 saturated heterocycles. The molecular formula is C17H21ClN6O. The van der Waals surface area contributed by atoms with Crippen molar-refractivity contribution in [1.82, 2.24) is 24.5 Å². The molecule has 4 aliphatic rings. The number of carbonyl (C=O) groups is 1. The molecule has 7 nitrogen and oxygen atoms in total. The molecular weight excluding hydrogens is 340 g/mol. The van der Waals surface area contributed by atoms with E-state index in [4.69, 9.17) is 11.6 Å². The van der Waals surface area contributed by atoms with Gasteiger partial charge in [-0.05, 0) is 62.0 Å². The van der Waals surface area contributed by atoms with Crippen LogP contribution in [0.15, 0.2) is 18.6 Å². The predicted molar refractivity (Wildman–Crippen MR) is 92.0 cm³/mol. The highest BCUT2D eigenvalue weighted by atomic mass is 35.5. The van der Waals surface area contributed by atoms with Gasteiger partial charge in [0.15, 0.2) is 5.82 Å². The number of carbonyl (C=O) groups excluding carboxylic acids is 1. The molecule has 2 aromatic rings. The molecule has 1 amide bonds. The van der Waals surface area contributed by atoms with Crippen molar-refractivity contribution in [1.29, 1.82) is 0 Å². The minimum Gasteiger partial charge on any atom is -0.309 e. The number of nitrogens with one attached hydrogen (secondary N) is 1. The standard InChI is InChI=1S/C17H21ClN6O/c1-23-3-2-13(21-23)20-14(25)16-5-11-4-12(6-16)8-17(7-11,9-16)24-10-19-15(18)22-24/h2-3,10-12H,4-9H2,1H3,(H,20,21,25). The van der Waals surface area contributed by atoms with E-state index in [2.05, 4.69) is 20.5 Å². The van der Waals surface area contributed by atoms with Gasteiger partial charge >= 0.3 is 0 Å². The summed E-state index contributed by atoms with van der Waals surface area (Å²) in [5, 5.41) is 12.0. The SMILES string of the molecule is Cn1ccc(NC(=O)C23CC4CC(C2)CC(n2cnc(Cl)n2)(C4)C3)n1. The molecule has 0 aliphatic heterocycles. The number of halogens is 1. The maximum atomic E-state index is 13.2. The Balaban J connectivity index is 1.48. The summed E-state index contributed by atoms with van der Waals surface area (Å²) in [7, 11) is 1.85. The van der Waals surface area contributed by atoms with E-state index in [0.29, 0.717) is 17.7 Å². The van der Waals surface area contributed by atoms with Crippen LogP contribution in [0.3, 0.4) is 0 Å². The van der Waals surface area contributed by atoms with Crippen molar-refractivity contribution in [2.45, 2.75) is 44.1 Å². The first-order chi connectivity index (χ1) is 12.0. The van der Waals surface area contributed by atoms with Crippen molar-refractivity contribution in [3.63, 3.8) is 0 Å². The fourth-order valence-electron chi connectivity index (χ4n) is 5.95. The van der Waals surface area contributed by atoms with Gasteiger partial charge in [-0.3, -0.25) is 9.48 Å². The Morgan fingerprint density at radius 1 is 1.28 bits per heavy atom. The summed E-state index contributed by atoms with van der Waals surface area (Å²) in [6, 6.07) is 1.84. The average molecular weight is 361 g/mol. The zero-order valence-electron chi connectivity index (χ0n) is 14.2. The van der Waals surface area contributed by atoms with Gasteiger partial charge in [-0.25, -0.2) is 9.67 Å². The van der Waals surface area contributed by atoms with Gasteiger partial charge in [0.25, 0.3) is 0 Å². The summed E-state index contributed by atoms with van der Waals surface area (Å²) in [6.45, 7) is 0. The number of aromatic nitrogens is 5. The zero-order chi connectivity index (χ0) is 17.2. The largest absolute Gasteiger partial charge is 0.309 e. The Kier molecular flexibility index (Phi) is 3.11. The van der Waals surface area contributed by atoms with Crippen molar-refractivity contribution < 1.29 is 4.79 Å². The van der Waals surface area contributed by atoms with Crippen LogP contribution in [0.2, 0.25) is 5.28 Å². The molecule has 8 heteroatoms. The summed E-state index contributed by atoms with van der Waals surface area (Å²) in [5.74, 6) is 1.87. The monoisotopic (exact) mass is 360 g/mol. The number of amides is 1. The molecule has 25 heavy (non-hydrogen) atoms. The van der Waals surface area contributed by atoms with Gasteiger partial charge in [-0.15, -0.1) is 5.10 Å². The molecule has 132 valence electrons. The molecule has 1 N–H and O–H groups in total. The fourth-order valence-corrected chi connectivity index (χ4v) is 6.08. The van der Waals surface area contributed by atoms with Crippen LogP contribution in [0.4, 0.5) is 5.82 Å². The van der Waals surface area contributed by atoms with E-state index < -0.39 is 0 Å². The molecule has 4 bridgehead atoms. The number of rotatable bonds is 3. The first-order valence-corrected chi connectivity index (χ1v) is 9.23. The number of hydrogen-bond acceptors (Lipinski definition) is 4. The minimum atomic E-state index is -0.333. The third-order valence-corrected chi connectivity index (χ3v) is 6.59. The topological polar surface area (TPSA) is 77.6 Å². The lowest BCUT2D eigenvalue weighted by Crippen LogP contribution is -2.60. The van der Waals surface area contributed by atoms with Gasteiger partial charge in [0.1, 0.15) is 6.33 Å². The summed E-state index contributed by atoms with van der Waals surface area (Å²) >= 11 is 5.97. The Hall–Kier alpha value is -1.89. The van der Waals surface area contributed by atoms with Crippen molar-refractivity contribution in [2.75, 3.05) is 5.32 Å². The molecule has 0 spiro atoms. The number of nitrogens with zero attached hydrogens (tertiary/aromatic N) is 5. The van der Waals surface area contributed by atoms with Crippen molar-refractivity contribution in [3.05, 3.63) is 23.9 Å². The van der Waals surface area contributed by atoms with E-state index in [-0.39, 0.29) is 22.1 Å². The molecule has 0 radical (unpaired) electrons. The smallest absolute Gasteiger partial charge is 0.242 e. The molecule has 2 atom stereocenters.